The molecule has 1 aromatic carbocycles. The Balaban J connectivity index is 2.48. The fourth-order valence-electron chi connectivity index (χ4n) is 1.63. The summed E-state index contributed by atoms with van der Waals surface area (Å²) >= 11 is 5.81. The summed E-state index contributed by atoms with van der Waals surface area (Å²) in [5.41, 5.74) is 0.843. The van der Waals surface area contributed by atoms with E-state index < -0.39 is 5.03 Å². The first kappa shape index (κ1) is 13.3. The summed E-state index contributed by atoms with van der Waals surface area (Å²) in [6, 6.07) is 7.03. The van der Waals surface area contributed by atoms with Crippen LogP contribution in [-0.4, -0.2) is 19.8 Å². The van der Waals surface area contributed by atoms with Crippen LogP contribution in [0.1, 0.15) is 13.3 Å². The van der Waals surface area contributed by atoms with Crippen molar-refractivity contribution in [2.24, 2.45) is 5.10 Å². The zero-order valence-electron chi connectivity index (χ0n) is 10.2. The van der Waals surface area contributed by atoms with E-state index in [4.69, 9.17) is 11.6 Å². The Morgan fingerprint density at radius 2 is 2.16 bits per heavy atom. The Morgan fingerprint density at radius 1 is 1.47 bits per heavy atom. The highest BCUT2D eigenvalue weighted by atomic mass is 35.5. The van der Waals surface area contributed by atoms with Gasteiger partial charge in [0.2, 0.25) is 0 Å². The summed E-state index contributed by atoms with van der Waals surface area (Å²) in [5, 5.41) is 16.6. The highest BCUT2D eigenvalue weighted by Crippen LogP contribution is 2.16. The van der Waals surface area contributed by atoms with Crippen molar-refractivity contribution < 1.29 is 5.03 Å². The first-order valence-corrected chi connectivity index (χ1v) is 6.09. The van der Waals surface area contributed by atoms with Gasteiger partial charge in [-0.1, -0.05) is 18.5 Å². The smallest absolute Gasteiger partial charge is 0.278 e. The topological polar surface area (TPSA) is 89.1 Å². The lowest BCUT2D eigenvalue weighted by Gasteiger charge is -1.98. The molecule has 0 saturated carbocycles. The van der Waals surface area contributed by atoms with E-state index in [0.717, 1.165) is 12.0 Å². The van der Waals surface area contributed by atoms with Crippen molar-refractivity contribution in [1.82, 2.24) is 14.8 Å². The number of nitrogens with one attached hydrogen (secondary N) is 1. The molecule has 0 fully saturated rings. The molecule has 0 atom stereocenters. The fourth-order valence-corrected chi connectivity index (χ4v) is 1.75. The highest BCUT2D eigenvalue weighted by molar-refractivity contribution is 6.30. The number of hydrogen-bond acceptors (Lipinski definition) is 3. The van der Waals surface area contributed by atoms with Crippen molar-refractivity contribution in [2.45, 2.75) is 19.9 Å². The number of benzene rings is 1. The average molecular weight is 282 g/mol. The maximum atomic E-state index is 10.5. The summed E-state index contributed by atoms with van der Waals surface area (Å²) in [6.07, 6.45) is 0.813. The molecule has 19 heavy (non-hydrogen) atoms. The number of aryl methyl sites for hydroxylation is 1. The molecular formula is C11H12ClN5O2. The Labute approximate surface area is 113 Å². The third-order valence-corrected chi connectivity index (χ3v) is 2.68. The predicted molar refractivity (Wildman–Crippen MR) is 69.9 cm³/mol. The van der Waals surface area contributed by atoms with E-state index in [-0.39, 0.29) is 5.62 Å². The summed E-state index contributed by atoms with van der Waals surface area (Å²) in [5.74, 6) is 0.519. The average Bonchev–Trinajstić information content (AvgIpc) is 2.73. The quantitative estimate of drug-likeness (QED) is 0.687. The molecule has 1 aromatic heterocycles. The van der Waals surface area contributed by atoms with Gasteiger partial charge >= 0.3 is 5.62 Å². The lowest BCUT2D eigenvalue weighted by molar-refractivity contribution is -0.491. The molecule has 0 spiro atoms. The fraction of sp³-hybridized carbons (Fsp3) is 0.273. The number of rotatable bonds is 4. The molecule has 0 amide bonds. The molecule has 1 heterocycles. The van der Waals surface area contributed by atoms with Gasteiger partial charge in [-0.2, -0.15) is 4.98 Å². The minimum Gasteiger partial charge on any atom is -0.278 e. The van der Waals surface area contributed by atoms with Crippen LogP contribution in [0.25, 0.3) is 11.4 Å². The standard InChI is InChI=1S/C11H12ClN5O2/c1-2-7-16-11(15-17(18)19)13-10(14-16)8-3-5-9(12)6-4-8/h3-6H,2,7H2,1H3,(H,13,14,15). The Hall–Kier alpha value is -2.15. The van der Waals surface area contributed by atoms with Crippen molar-refractivity contribution in [3.8, 4) is 11.4 Å². The molecule has 0 aliphatic rings. The van der Waals surface area contributed by atoms with Gasteiger partial charge in [-0.3, -0.25) is 5.10 Å². The third kappa shape index (κ3) is 3.19. The SMILES string of the molecule is CCCn1[nH]c(-c2ccc(Cl)cc2)n/c1=N\[N+](=O)[O-]. The van der Waals surface area contributed by atoms with Gasteiger partial charge in [0.25, 0.3) is 0 Å². The van der Waals surface area contributed by atoms with Crippen LogP contribution in [0.5, 0.6) is 0 Å². The molecule has 0 aliphatic heterocycles. The van der Waals surface area contributed by atoms with Gasteiger partial charge in [0.05, 0.1) is 0 Å². The van der Waals surface area contributed by atoms with Crippen LogP contribution in [0, 0.1) is 10.1 Å². The van der Waals surface area contributed by atoms with Gasteiger partial charge in [0, 0.05) is 17.1 Å². The van der Waals surface area contributed by atoms with Crippen molar-refractivity contribution in [3.63, 3.8) is 0 Å². The molecule has 100 valence electrons. The first-order chi connectivity index (χ1) is 9.10. The van der Waals surface area contributed by atoms with Gasteiger partial charge in [0.15, 0.2) is 10.9 Å². The van der Waals surface area contributed by atoms with Gasteiger partial charge < -0.3 is 0 Å². The molecule has 2 rings (SSSR count). The molecule has 7 nitrogen and oxygen atoms in total. The summed E-state index contributed by atoms with van der Waals surface area (Å²) < 4.78 is 1.55. The van der Waals surface area contributed by atoms with Crippen molar-refractivity contribution in [3.05, 3.63) is 45.0 Å². The largest absolute Gasteiger partial charge is 0.318 e. The second kappa shape index (κ2) is 5.66. The normalized spacial score (nSPS) is 11.8. The molecule has 1 N–H and O–H groups in total. The number of nitro groups is 1. The minimum atomic E-state index is -0.756. The maximum Gasteiger partial charge on any atom is 0.318 e. The molecule has 2 aromatic rings. The summed E-state index contributed by atoms with van der Waals surface area (Å²) in [4.78, 5) is 14.6. The number of hydrogen-bond donors (Lipinski definition) is 1. The lowest BCUT2D eigenvalue weighted by Crippen LogP contribution is -2.21. The van der Waals surface area contributed by atoms with Crippen LogP contribution in [0.2, 0.25) is 5.02 Å². The van der Waals surface area contributed by atoms with Crippen LogP contribution in [0.3, 0.4) is 0 Å². The van der Waals surface area contributed by atoms with Crippen LogP contribution in [0.15, 0.2) is 29.4 Å². The van der Waals surface area contributed by atoms with Crippen LogP contribution >= 0.6 is 11.6 Å². The van der Waals surface area contributed by atoms with E-state index >= 15 is 0 Å². The van der Waals surface area contributed by atoms with E-state index in [1.165, 1.54) is 0 Å². The number of aromatic nitrogens is 3. The Morgan fingerprint density at radius 3 is 2.74 bits per heavy atom. The number of halogens is 1. The lowest BCUT2D eigenvalue weighted by atomic mass is 10.2. The zero-order chi connectivity index (χ0) is 13.8. The van der Waals surface area contributed by atoms with Gasteiger partial charge in [-0.25, -0.2) is 14.8 Å². The summed E-state index contributed by atoms with van der Waals surface area (Å²) in [6.45, 7) is 2.54. The molecule has 0 radical (unpaired) electrons. The number of aromatic amines is 1. The molecular weight excluding hydrogens is 270 g/mol. The minimum absolute atomic E-state index is 0.0526. The van der Waals surface area contributed by atoms with E-state index in [1.54, 1.807) is 28.9 Å². The van der Waals surface area contributed by atoms with E-state index in [2.05, 4.69) is 15.2 Å². The van der Waals surface area contributed by atoms with Crippen LogP contribution in [0.4, 0.5) is 0 Å². The number of nitrogens with zero attached hydrogens (tertiary/aromatic N) is 4. The van der Waals surface area contributed by atoms with Crippen LogP contribution in [-0.2, 0) is 6.54 Å². The van der Waals surface area contributed by atoms with Gasteiger partial charge in [-0.15, -0.1) is 0 Å². The first-order valence-electron chi connectivity index (χ1n) is 5.72. The molecule has 0 bridgehead atoms. The second-order valence-corrected chi connectivity index (χ2v) is 4.31. The monoisotopic (exact) mass is 281 g/mol. The van der Waals surface area contributed by atoms with E-state index in [9.17, 15) is 10.1 Å². The van der Waals surface area contributed by atoms with E-state index in [0.29, 0.717) is 17.4 Å². The zero-order valence-corrected chi connectivity index (χ0v) is 11.0. The molecule has 0 aliphatic carbocycles. The van der Waals surface area contributed by atoms with Crippen molar-refractivity contribution in [2.75, 3.05) is 0 Å². The molecule has 0 unspecified atom stereocenters. The third-order valence-electron chi connectivity index (χ3n) is 2.43. The number of H-pyrrole nitrogens is 1. The molecule has 0 saturated heterocycles. The van der Waals surface area contributed by atoms with Gasteiger partial charge in [0.1, 0.15) is 5.10 Å². The maximum absolute atomic E-state index is 10.5. The van der Waals surface area contributed by atoms with Gasteiger partial charge in [-0.05, 0) is 30.7 Å². The van der Waals surface area contributed by atoms with E-state index in [1.807, 2.05) is 6.92 Å². The Kier molecular flexibility index (Phi) is 3.96. The predicted octanol–water partition coefficient (Wildman–Crippen LogP) is 2.03. The summed E-state index contributed by atoms with van der Waals surface area (Å²) in [7, 11) is 0. The van der Waals surface area contributed by atoms with Crippen LogP contribution < -0.4 is 5.62 Å². The Bertz CT molecular complexity index is 644. The second-order valence-electron chi connectivity index (χ2n) is 3.87. The van der Waals surface area contributed by atoms with Crippen molar-refractivity contribution >= 4 is 11.6 Å². The van der Waals surface area contributed by atoms with Crippen molar-refractivity contribution in [1.29, 1.82) is 0 Å². The molecule has 8 heteroatoms. The highest BCUT2D eigenvalue weighted by Gasteiger charge is 2.08.